The first kappa shape index (κ1) is 20.7. The van der Waals surface area contributed by atoms with E-state index in [0.29, 0.717) is 29.4 Å². The average molecular weight is 399 g/mol. The van der Waals surface area contributed by atoms with Crippen LogP contribution in [0.25, 0.3) is 5.76 Å². The molecular weight excluding hydrogens is 374 g/mol. The number of carbonyl (C=O) groups is 2. The second-order valence-electron chi connectivity index (χ2n) is 6.81. The quantitative estimate of drug-likeness (QED) is 0.415. The minimum atomic E-state index is -0.810. The summed E-state index contributed by atoms with van der Waals surface area (Å²) < 4.78 is 16.3. The van der Waals surface area contributed by atoms with Crippen LogP contribution < -0.4 is 4.74 Å². The number of Topliss-reactive ketones (excluding diaryl/α,β-unsaturated/α-hetero) is 1. The van der Waals surface area contributed by atoms with E-state index in [2.05, 4.69) is 0 Å². The Bertz CT molecular complexity index is 912. The summed E-state index contributed by atoms with van der Waals surface area (Å²) in [6.07, 6.45) is 0.884. The van der Waals surface area contributed by atoms with Crippen LogP contribution in [-0.4, -0.2) is 48.6 Å². The zero-order valence-electron chi connectivity index (χ0n) is 16.8. The number of ether oxygens (including phenoxy) is 2. The summed E-state index contributed by atoms with van der Waals surface area (Å²) in [7, 11) is 1.52. The van der Waals surface area contributed by atoms with E-state index in [0.717, 1.165) is 6.42 Å². The predicted molar refractivity (Wildman–Crippen MR) is 107 cm³/mol. The number of rotatable bonds is 8. The lowest BCUT2D eigenvalue weighted by atomic mass is 9.99. The van der Waals surface area contributed by atoms with Crippen LogP contribution in [0.2, 0.25) is 0 Å². The highest BCUT2D eigenvalue weighted by molar-refractivity contribution is 6.46. The number of aliphatic hydroxyl groups is 1. The SMILES string of the molecule is CCCOc1ccc(/C(O)=C2/C(=O)C(=O)N(CCOC)C2c2ccc(C)o2)cc1. The van der Waals surface area contributed by atoms with Gasteiger partial charge in [-0.3, -0.25) is 9.59 Å². The van der Waals surface area contributed by atoms with Crippen LogP contribution in [0.1, 0.15) is 36.5 Å². The van der Waals surface area contributed by atoms with E-state index >= 15 is 0 Å². The van der Waals surface area contributed by atoms with Gasteiger partial charge in [0.05, 0.1) is 18.8 Å². The molecular formula is C22H25NO6. The maximum atomic E-state index is 12.8. The Hall–Kier alpha value is -3.06. The van der Waals surface area contributed by atoms with Crippen LogP contribution in [0.5, 0.6) is 5.75 Å². The Labute approximate surface area is 169 Å². The third-order valence-electron chi connectivity index (χ3n) is 4.71. The smallest absolute Gasteiger partial charge is 0.295 e. The van der Waals surface area contributed by atoms with E-state index in [1.54, 1.807) is 43.3 Å². The van der Waals surface area contributed by atoms with Gasteiger partial charge in [0.25, 0.3) is 11.7 Å². The highest BCUT2D eigenvalue weighted by Crippen LogP contribution is 2.39. The number of aliphatic hydroxyl groups excluding tert-OH is 1. The van der Waals surface area contributed by atoms with Gasteiger partial charge in [-0.2, -0.15) is 0 Å². The van der Waals surface area contributed by atoms with E-state index < -0.39 is 17.7 Å². The molecule has 1 aliphatic heterocycles. The molecule has 1 amide bonds. The van der Waals surface area contributed by atoms with Gasteiger partial charge in [-0.15, -0.1) is 0 Å². The van der Waals surface area contributed by atoms with Gasteiger partial charge in [-0.25, -0.2) is 0 Å². The number of furan rings is 1. The molecule has 1 fully saturated rings. The summed E-state index contributed by atoms with van der Waals surface area (Å²) in [6, 6.07) is 9.41. The van der Waals surface area contributed by atoms with Gasteiger partial charge in [0.2, 0.25) is 0 Å². The monoisotopic (exact) mass is 399 g/mol. The normalized spacial score (nSPS) is 18.4. The summed E-state index contributed by atoms with van der Waals surface area (Å²) >= 11 is 0. The summed E-state index contributed by atoms with van der Waals surface area (Å²) in [4.78, 5) is 26.8. The molecule has 0 saturated carbocycles. The van der Waals surface area contributed by atoms with Gasteiger partial charge >= 0.3 is 0 Å². The molecule has 1 atom stereocenters. The van der Waals surface area contributed by atoms with Crippen molar-refractivity contribution in [2.45, 2.75) is 26.3 Å². The lowest BCUT2D eigenvalue weighted by Gasteiger charge is -2.22. The molecule has 154 valence electrons. The molecule has 1 aromatic carbocycles. The fourth-order valence-corrected chi connectivity index (χ4v) is 3.28. The zero-order valence-corrected chi connectivity index (χ0v) is 16.8. The van der Waals surface area contributed by atoms with Crippen molar-refractivity contribution in [3.8, 4) is 5.75 Å². The van der Waals surface area contributed by atoms with Crippen LogP contribution in [-0.2, 0) is 14.3 Å². The molecule has 29 heavy (non-hydrogen) atoms. The van der Waals surface area contributed by atoms with Crippen molar-refractivity contribution in [1.82, 2.24) is 4.90 Å². The summed E-state index contributed by atoms with van der Waals surface area (Å²) in [5.74, 6) is 0.0537. The van der Waals surface area contributed by atoms with E-state index in [1.807, 2.05) is 6.92 Å². The lowest BCUT2D eigenvalue weighted by molar-refractivity contribution is -0.140. The van der Waals surface area contributed by atoms with Gasteiger partial charge in [-0.05, 0) is 49.7 Å². The van der Waals surface area contributed by atoms with Gasteiger partial charge in [0.1, 0.15) is 29.1 Å². The van der Waals surface area contributed by atoms with Gasteiger partial charge in [-0.1, -0.05) is 6.92 Å². The molecule has 7 heteroatoms. The van der Waals surface area contributed by atoms with Crippen LogP contribution >= 0.6 is 0 Å². The van der Waals surface area contributed by atoms with Gasteiger partial charge in [0.15, 0.2) is 0 Å². The average Bonchev–Trinajstić information content (AvgIpc) is 3.26. The number of methoxy groups -OCH3 is 1. The molecule has 3 rings (SSSR count). The van der Waals surface area contributed by atoms with Crippen LogP contribution in [0.15, 0.2) is 46.4 Å². The van der Waals surface area contributed by atoms with E-state index in [-0.39, 0.29) is 24.5 Å². The highest BCUT2D eigenvalue weighted by atomic mass is 16.5. The molecule has 1 unspecified atom stereocenters. The fourth-order valence-electron chi connectivity index (χ4n) is 3.28. The molecule has 0 spiro atoms. The molecule has 0 radical (unpaired) electrons. The topological polar surface area (TPSA) is 89.2 Å². The highest BCUT2D eigenvalue weighted by Gasteiger charge is 2.47. The minimum Gasteiger partial charge on any atom is -0.507 e. The molecule has 1 saturated heterocycles. The number of ketones is 1. The van der Waals surface area contributed by atoms with Crippen molar-refractivity contribution in [2.75, 3.05) is 26.9 Å². The summed E-state index contributed by atoms with van der Waals surface area (Å²) in [6.45, 7) is 4.84. The van der Waals surface area contributed by atoms with Crippen molar-refractivity contribution in [2.24, 2.45) is 0 Å². The largest absolute Gasteiger partial charge is 0.507 e. The van der Waals surface area contributed by atoms with Crippen molar-refractivity contribution in [3.05, 3.63) is 59.1 Å². The van der Waals surface area contributed by atoms with Gasteiger partial charge < -0.3 is 23.9 Å². The molecule has 7 nitrogen and oxygen atoms in total. The summed E-state index contributed by atoms with van der Waals surface area (Å²) in [5.41, 5.74) is 0.426. The number of hydrogen-bond acceptors (Lipinski definition) is 6. The number of carbonyl (C=O) groups excluding carboxylic acids is 2. The Kier molecular flexibility index (Phi) is 6.39. The number of likely N-dealkylation sites (tertiary alicyclic amines) is 1. The Morgan fingerprint density at radius 1 is 1.14 bits per heavy atom. The Balaban J connectivity index is 2.03. The number of nitrogens with zero attached hydrogens (tertiary/aromatic N) is 1. The van der Waals surface area contributed by atoms with Crippen molar-refractivity contribution in [1.29, 1.82) is 0 Å². The summed E-state index contributed by atoms with van der Waals surface area (Å²) in [5, 5.41) is 10.9. The second-order valence-corrected chi connectivity index (χ2v) is 6.81. The molecule has 1 aromatic heterocycles. The number of benzene rings is 1. The van der Waals surface area contributed by atoms with Crippen LogP contribution in [0.4, 0.5) is 0 Å². The molecule has 2 aromatic rings. The maximum Gasteiger partial charge on any atom is 0.295 e. The first-order chi connectivity index (χ1) is 14.0. The van der Waals surface area contributed by atoms with Crippen molar-refractivity contribution >= 4 is 17.4 Å². The third-order valence-corrected chi connectivity index (χ3v) is 4.71. The number of amides is 1. The number of aryl methyl sites for hydroxylation is 1. The molecule has 0 aliphatic carbocycles. The first-order valence-corrected chi connectivity index (χ1v) is 9.54. The second kappa shape index (κ2) is 8.96. The number of hydrogen-bond donors (Lipinski definition) is 1. The molecule has 1 aliphatic rings. The fraction of sp³-hybridized carbons (Fsp3) is 0.364. The van der Waals surface area contributed by atoms with Gasteiger partial charge in [0, 0.05) is 19.2 Å². The third kappa shape index (κ3) is 4.19. The van der Waals surface area contributed by atoms with Crippen LogP contribution in [0.3, 0.4) is 0 Å². The molecule has 1 N–H and O–H groups in total. The molecule has 2 heterocycles. The zero-order chi connectivity index (χ0) is 21.0. The lowest BCUT2D eigenvalue weighted by Crippen LogP contribution is -2.32. The predicted octanol–water partition coefficient (Wildman–Crippen LogP) is 3.44. The minimum absolute atomic E-state index is 0.00248. The van der Waals surface area contributed by atoms with Crippen molar-refractivity contribution < 1.29 is 28.6 Å². The Morgan fingerprint density at radius 3 is 2.45 bits per heavy atom. The standard InChI is InChI=1S/C22H25NO6/c1-4-12-28-16-8-6-15(7-9-16)20(24)18-19(17-10-5-14(2)29-17)23(11-13-27-3)22(26)21(18)25/h5-10,19,24H,4,11-13H2,1-3H3/b20-18-. The first-order valence-electron chi connectivity index (χ1n) is 9.54. The van der Waals surface area contributed by atoms with Crippen LogP contribution in [0, 0.1) is 6.92 Å². The van der Waals surface area contributed by atoms with E-state index in [1.165, 1.54) is 12.0 Å². The molecule has 0 bridgehead atoms. The maximum absolute atomic E-state index is 12.8. The van der Waals surface area contributed by atoms with E-state index in [4.69, 9.17) is 13.9 Å². The Morgan fingerprint density at radius 2 is 1.86 bits per heavy atom. The van der Waals surface area contributed by atoms with E-state index in [9.17, 15) is 14.7 Å². The van der Waals surface area contributed by atoms with Crippen molar-refractivity contribution in [3.63, 3.8) is 0 Å².